The molecular weight excluding hydrogens is 367 g/mol. The number of rotatable bonds is 5. The largest absolute Gasteiger partial charge is 0.618 e. The van der Waals surface area contributed by atoms with Crippen molar-refractivity contribution in [1.29, 1.82) is 0 Å². The van der Waals surface area contributed by atoms with Crippen molar-refractivity contribution in [3.63, 3.8) is 0 Å². The van der Waals surface area contributed by atoms with Gasteiger partial charge in [-0.05, 0) is 37.6 Å². The normalized spacial score (nSPS) is 13.0. The topological polar surface area (TPSA) is 82.3 Å². The van der Waals surface area contributed by atoms with Crippen LogP contribution in [-0.2, 0) is 9.53 Å². The second-order valence-electron chi connectivity index (χ2n) is 5.36. The van der Waals surface area contributed by atoms with Gasteiger partial charge in [-0.2, -0.15) is 4.73 Å². The van der Waals surface area contributed by atoms with Crippen molar-refractivity contribution in [2.75, 3.05) is 0 Å². The molecule has 0 fully saturated rings. The number of carbonyl (C=O) groups is 2. The zero-order valence-corrected chi connectivity index (χ0v) is 15.0. The molecule has 2 atom stereocenters. The van der Waals surface area contributed by atoms with Crippen LogP contribution in [0.5, 0.6) is 0 Å². The van der Waals surface area contributed by atoms with E-state index < -0.39 is 24.0 Å². The van der Waals surface area contributed by atoms with E-state index in [1.54, 1.807) is 25.1 Å². The highest BCUT2D eigenvalue weighted by Gasteiger charge is 2.25. The molecule has 0 saturated carbocycles. The van der Waals surface area contributed by atoms with Crippen LogP contribution < -0.4 is 10.0 Å². The quantitative estimate of drug-likeness (QED) is 0.489. The van der Waals surface area contributed by atoms with Crippen LogP contribution in [0, 0.1) is 5.21 Å². The lowest BCUT2D eigenvalue weighted by molar-refractivity contribution is -0.608. The number of pyridine rings is 1. The highest BCUT2D eigenvalue weighted by molar-refractivity contribution is 6.35. The summed E-state index contributed by atoms with van der Waals surface area (Å²) in [4.78, 5) is 24.2. The molecule has 0 saturated heterocycles. The standard InChI is InChI=1S/C17H16Cl2N2O4/c1-10(13-7-6-12(18)9-14(13)19)20-16(22)11(2)25-17(23)15-5-3-4-8-21(15)24/h3-11H,1-2H3,(H,20,22)/t10-,11-/m0/s1. The number of halogens is 2. The summed E-state index contributed by atoms with van der Waals surface area (Å²) in [5.74, 6) is -1.39. The summed E-state index contributed by atoms with van der Waals surface area (Å²) in [6.07, 6.45) is 0.0904. The van der Waals surface area contributed by atoms with Gasteiger partial charge in [0, 0.05) is 22.2 Å². The van der Waals surface area contributed by atoms with Gasteiger partial charge in [-0.15, -0.1) is 0 Å². The molecule has 0 spiro atoms. The van der Waals surface area contributed by atoms with Crippen LogP contribution in [0.2, 0.25) is 10.0 Å². The first-order valence-electron chi connectivity index (χ1n) is 7.44. The molecular formula is C17H16Cl2N2O4. The smallest absolute Gasteiger partial charge is 0.405 e. The Bertz CT molecular complexity index is 798. The average molecular weight is 383 g/mol. The summed E-state index contributed by atoms with van der Waals surface area (Å²) in [6.45, 7) is 3.16. The predicted octanol–water partition coefficient (Wildman–Crippen LogP) is 3.05. The van der Waals surface area contributed by atoms with Gasteiger partial charge in [0.2, 0.25) is 0 Å². The third kappa shape index (κ3) is 4.84. The number of carbonyl (C=O) groups excluding carboxylic acids is 2. The number of amides is 1. The highest BCUT2D eigenvalue weighted by Crippen LogP contribution is 2.26. The van der Waals surface area contributed by atoms with Gasteiger partial charge in [-0.3, -0.25) is 4.79 Å². The molecule has 0 aliphatic carbocycles. The van der Waals surface area contributed by atoms with Gasteiger partial charge in [0.1, 0.15) is 0 Å². The average Bonchev–Trinajstić information content (AvgIpc) is 2.54. The van der Waals surface area contributed by atoms with Crippen molar-refractivity contribution < 1.29 is 19.1 Å². The minimum atomic E-state index is -1.08. The van der Waals surface area contributed by atoms with Crippen LogP contribution in [0.3, 0.4) is 0 Å². The van der Waals surface area contributed by atoms with Gasteiger partial charge in [0.15, 0.2) is 12.3 Å². The molecule has 1 heterocycles. The molecule has 1 aromatic heterocycles. The molecule has 132 valence electrons. The van der Waals surface area contributed by atoms with Crippen LogP contribution in [0.4, 0.5) is 0 Å². The minimum absolute atomic E-state index is 0.198. The van der Waals surface area contributed by atoms with Crippen molar-refractivity contribution in [2.45, 2.75) is 26.0 Å². The van der Waals surface area contributed by atoms with Gasteiger partial charge in [0.05, 0.1) is 6.04 Å². The highest BCUT2D eigenvalue weighted by atomic mass is 35.5. The summed E-state index contributed by atoms with van der Waals surface area (Å²) in [5, 5.41) is 15.1. The summed E-state index contributed by atoms with van der Waals surface area (Å²) in [7, 11) is 0. The second-order valence-corrected chi connectivity index (χ2v) is 6.20. The second kappa shape index (κ2) is 8.18. The summed E-state index contributed by atoms with van der Waals surface area (Å²) < 4.78 is 5.42. The SMILES string of the molecule is C[C@H](OC(=O)c1cccc[n+]1[O-])C(=O)N[C@@H](C)c1ccc(Cl)cc1Cl. The third-order valence-corrected chi connectivity index (χ3v) is 4.04. The van der Waals surface area contributed by atoms with Gasteiger partial charge in [0.25, 0.3) is 5.91 Å². The fourth-order valence-electron chi connectivity index (χ4n) is 2.12. The van der Waals surface area contributed by atoms with Crippen molar-refractivity contribution in [2.24, 2.45) is 0 Å². The fourth-order valence-corrected chi connectivity index (χ4v) is 2.69. The van der Waals surface area contributed by atoms with Crippen LogP contribution in [-0.4, -0.2) is 18.0 Å². The predicted molar refractivity (Wildman–Crippen MR) is 93.3 cm³/mol. The van der Waals surface area contributed by atoms with Crippen LogP contribution in [0.15, 0.2) is 42.6 Å². The van der Waals surface area contributed by atoms with E-state index in [4.69, 9.17) is 27.9 Å². The first kappa shape index (κ1) is 19.0. The van der Waals surface area contributed by atoms with E-state index in [2.05, 4.69) is 5.32 Å². The van der Waals surface area contributed by atoms with E-state index in [1.807, 2.05) is 0 Å². The Morgan fingerprint density at radius 3 is 2.56 bits per heavy atom. The Morgan fingerprint density at radius 1 is 1.20 bits per heavy atom. The van der Waals surface area contributed by atoms with Gasteiger partial charge in [-0.25, -0.2) is 4.79 Å². The maximum absolute atomic E-state index is 12.2. The number of nitrogens with zero attached hydrogens (tertiary/aromatic N) is 1. The monoisotopic (exact) mass is 382 g/mol. The van der Waals surface area contributed by atoms with E-state index in [1.165, 1.54) is 31.3 Å². The molecule has 2 aromatic rings. The van der Waals surface area contributed by atoms with Crippen molar-refractivity contribution in [1.82, 2.24) is 5.32 Å². The number of nitrogens with one attached hydrogen (secondary N) is 1. The number of benzene rings is 1. The summed E-state index contributed by atoms with van der Waals surface area (Å²) >= 11 is 12.0. The number of hydrogen-bond donors (Lipinski definition) is 1. The molecule has 0 unspecified atom stereocenters. The van der Waals surface area contributed by atoms with E-state index in [0.717, 1.165) is 0 Å². The van der Waals surface area contributed by atoms with Crippen molar-refractivity contribution >= 4 is 35.1 Å². The first-order valence-corrected chi connectivity index (χ1v) is 8.19. The lowest BCUT2D eigenvalue weighted by atomic mass is 10.1. The van der Waals surface area contributed by atoms with Crippen LogP contribution >= 0.6 is 23.2 Å². The Balaban J connectivity index is 2.00. The van der Waals surface area contributed by atoms with E-state index in [0.29, 0.717) is 20.3 Å². The van der Waals surface area contributed by atoms with Crippen molar-refractivity contribution in [3.05, 3.63) is 69.1 Å². The lowest BCUT2D eigenvalue weighted by Crippen LogP contribution is -2.40. The molecule has 1 amide bonds. The Hall–Kier alpha value is -2.31. The van der Waals surface area contributed by atoms with Gasteiger partial charge < -0.3 is 15.3 Å². The third-order valence-electron chi connectivity index (χ3n) is 3.47. The van der Waals surface area contributed by atoms with Crippen LogP contribution in [0.25, 0.3) is 0 Å². The molecule has 1 N–H and O–H groups in total. The lowest BCUT2D eigenvalue weighted by Gasteiger charge is -2.19. The van der Waals surface area contributed by atoms with E-state index in [9.17, 15) is 14.8 Å². The summed E-state index contributed by atoms with van der Waals surface area (Å²) in [6, 6.07) is 8.86. The Kier molecular flexibility index (Phi) is 6.22. The van der Waals surface area contributed by atoms with E-state index in [-0.39, 0.29) is 5.69 Å². The zero-order chi connectivity index (χ0) is 18.6. The van der Waals surface area contributed by atoms with E-state index >= 15 is 0 Å². The summed E-state index contributed by atoms with van der Waals surface area (Å²) in [5.41, 5.74) is 0.481. The molecule has 0 bridgehead atoms. The molecule has 2 rings (SSSR count). The molecule has 1 aromatic carbocycles. The maximum Gasteiger partial charge on any atom is 0.405 e. The Morgan fingerprint density at radius 2 is 1.92 bits per heavy atom. The number of ether oxygens (including phenoxy) is 1. The molecule has 8 heteroatoms. The zero-order valence-electron chi connectivity index (χ0n) is 13.5. The molecule has 0 aliphatic rings. The number of hydrogen-bond acceptors (Lipinski definition) is 4. The van der Waals surface area contributed by atoms with Gasteiger partial charge >= 0.3 is 11.7 Å². The van der Waals surface area contributed by atoms with Gasteiger partial charge in [-0.1, -0.05) is 29.3 Å². The molecule has 0 aliphatic heterocycles. The molecule has 25 heavy (non-hydrogen) atoms. The molecule has 6 nitrogen and oxygen atoms in total. The minimum Gasteiger partial charge on any atom is -0.618 e. The molecule has 0 radical (unpaired) electrons. The fraction of sp³-hybridized carbons (Fsp3) is 0.235. The number of aromatic nitrogens is 1. The van der Waals surface area contributed by atoms with Crippen LogP contribution in [0.1, 0.15) is 35.9 Å². The Labute approximate surface area is 154 Å². The first-order chi connectivity index (χ1) is 11.8. The number of esters is 1. The maximum atomic E-state index is 12.2. The van der Waals surface area contributed by atoms with Crippen molar-refractivity contribution in [3.8, 4) is 0 Å².